The minimum absolute atomic E-state index is 0.0384. The summed E-state index contributed by atoms with van der Waals surface area (Å²) in [4.78, 5) is 28.8. The Morgan fingerprint density at radius 3 is 2.85 bits per heavy atom. The zero-order chi connectivity index (χ0) is 22.6. The van der Waals surface area contributed by atoms with Crippen molar-refractivity contribution in [2.75, 3.05) is 7.05 Å². The zero-order valence-electron chi connectivity index (χ0n) is 18.8. The molecule has 0 aliphatic heterocycles. The summed E-state index contributed by atoms with van der Waals surface area (Å²) in [6, 6.07) is 16.3. The number of rotatable bonds is 7. The number of nitrogens with zero attached hydrogens (tertiary/aromatic N) is 5. The lowest BCUT2D eigenvalue weighted by atomic mass is 9.91. The first-order valence-electron chi connectivity index (χ1n) is 11.4. The van der Waals surface area contributed by atoms with Gasteiger partial charge < -0.3 is 9.88 Å². The fourth-order valence-electron chi connectivity index (χ4n) is 4.67. The summed E-state index contributed by atoms with van der Waals surface area (Å²) >= 11 is 0. The maximum Gasteiger partial charge on any atom is 0.240 e. The summed E-state index contributed by atoms with van der Waals surface area (Å²) in [5.41, 5.74) is 5.41. The molecule has 1 aliphatic rings. The Bertz CT molecular complexity index is 1250. The molecule has 1 aromatic carbocycles. The highest BCUT2D eigenvalue weighted by Gasteiger charge is 2.26. The molecular formula is C26H28N6O. The Kier molecular flexibility index (Phi) is 6.13. The molecule has 0 spiro atoms. The maximum atomic E-state index is 12.8. The number of aryl methyl sites for hydroxylation is 1. The number of nitrogens with one attached hydrogen (secondary N) is 1. The molecule has 7 nitrogen and oxygen atoms in total. The molecule has 5 rings (SSSR count). The van der Waals surface area contributed by atoms with Crippen molar-refractivity contribution < 1.29 is 4.79 Å². The number of imidazole rings is 1. The van der Waals surface area contributed by atoms with Crippen LogP contribution in [0.2, 0.25) is 0 Å². The Labute approximate surface area is 193 Å². The van der Waals surface area contributed by atoms with E-state index in [0.717, 1.165) is 41.7 Å². The minimum Gasteiger partial charge on any atom is -0.350 e. The Morgan fingerprint density at radius 2 is 1.97 bits per heavy atom. The zero-order valence-corrected chi connectivity index (χ0v) is 18.8. The second-order valence-electron chi connectivity index (χ2n) is 8.61. The molecular weight excluding hydrogens is 412 g/mol. The lowest BCUT2D eigenvalue weighted by molar-refractivity contribution is -0.121. The molecule has 1 unspecified atom stereocenters. The van der Waals surface area contributed by atoms with Gasteiger partial charge in [0, 0.05) is 25.1 Å². The van der Waals surface area contributed by atoms with Crippen molar-refractivity contribution in [3.05, 3.63) is 89.8 Å². The summed E-state index contributed by atoms with van der Waals surface area (Å²) in [7, 11) is 2.13. The van der Waals surface area contributed by atoms with Gasteiger partial charge in [-0.1, -0.05) is 18.2 Å². The van der Waals surface area contributed by atoms with Gasteiger partial charge in [0.1, 0.15) is 12.4 Å². The van der Waals surface area contributed by atoms with Crippen molar-refractivity contribution >= 4 is 16.9 Å². The normalized spacial score (nSPS) is 15.5. The first-order chi connectivity index (χ1) is 16.2. The second kappa shape index (κ2) is 9.50. The van der Waals surface area contributed by atoms with Crippen molar-refractivity contribution in [3.63, 3.8) is 0 Å². The lowest BCUT2D eigenvalue weighted by Gasteiger charge is -2.32. The predicted octanol–water partition coefficient (Wildman–Crippen LogP) is 3.65. The monoisotopic (exact) mass is 440 g/mol. The summed E-state index contributed by atoms with van der Waals surface area (Å²) < 4.78 is 2.04. The van der Waals surface area contributed by atoms with Gasteiger partial charge in [-0.3, -0.25) is 19.7 Å². The first kappa shape index (κ1) is 21.3. The molecule has 1 N–H and O–H groups in total. The summed E-state index contributed by atoms with van der Waals surface area (Å²) in [5.74, 6) is 0.851. The molecule has 3 heterocycles. The van der Waals surface area contributed by atoms with Gasteiger partial charge in [-0.2, -0.15) is 0 Å². The molecule has 1 aliphatic carbocycles. The van der Waals surface area contributed by atoms with Crippen molar-refractivity contribution in [2.24, 2.45) is 0 Å². The molecule has 4 aromatic rings. The maximum absolute atomic E-state index is 12.8. The van der Waals surface area contributed by atoms with Crippen LogP contribution in [0.4, 0.5) is 0 Å². The SMILES string of the molecule is CN(Cc1nc2ccccc2n1CC(=O)NCc1ccncc1)C1CCCc2cccnc21. The Balaban J connectivity index is 1.36. The van der Waals surface area contributed by atoms with E-state index in [1.54, 1.807) is 12.4 Å². The molecule has 7 heteroatoms. The van der Waals surface area contributed by atoms with Gasteiger partial charge in [0.05, 0.1) is 29.3 Å². The Hall–Kier alpha value is -3.58. The van der Waals surface area contributed by atoms with Gasteiger partial charge >= 0.3 is 0 Å². The minimum atomic E-state index is -0.0384. The smallest absolute Gasteiger partial charge is 0.240 e. The van der Waals surface area contributed by atoms with Crippen LogP contribution in [0.15, 0.2) is 67.1 Å². The van der Waals surface area contributed by atoms with Gasteiger partial charge in [0.15, 0.2) is 0 Å². The molecule has 3 aromatic heterocycles. The largest absolute Gasteiger partial charge is 0.350 e. The third-order valence-electron chi connectivity index (χ3n) is 6.36. The number of benzene rings is 1. The fourth-order valence-corrected chi connectivity index (χ4v) is 4.67. The molecule has 0 radical (unpaired) electrons. The molecule has 0 fully saturated rings. The van der Waals surface area contributed by atoms with Gasteiger partial charge in [-0.15, -0.1) is 0 Å². The van der Waals surface area contributed by atoms with E-state index in [0.29, 0.717) is 13.1 Å². The third kappa shape index (κ3) is 4.64. The molecule has 33 heavy (non-hydrogen) atoms. The van der Waals surface area contributed by atoms with Gasteiger partial charge in [-0.05, 0) is 67.8 Å². The number of hydrogen-bond acceptors (Lipinski definition) is 5. The fraction of sp³-hybridized carbons (Fsp3) is 0.308. The number of carbonyl (C=O) groups excluding carboxylic acids is 1. The van der Waals surface area contributed by atoms with Crippen molar-refractivity contribution in [1.29, 1.82) is 0 Å². The highest BCUT2D eigenvalue weighted by molar-refractivity contribution is 5.81. The van der Waals surface area contributed by atoms with Crippen molar-refractivity contribution in [1.82, 2.24) is 29.7 Å². The number of amides is 1. The van der Waals surface area contributed by atoms with Gasteiger partial charge in [0.25, 0.3) is 0 Å². The number of carbonyl (C=O) groups is 1. The molecule has 0 saturated heterocycles. The topological polar surface area (TPSA) is 75.9 Å². The van der Waals surface area contributed by atoms with Crippen LogP contribution in [0.5, 0.6) is 0 Å². The predicted molar refractivity (Wildman–Crippen MR) is 127 cm³/mol. The molecule has 168 valence electrons. The number of para-hydroxylation sites is 2. The average molecular weight is 441 g/mol. The van der Waals surface area contributed by atoms with E-state index in [2.05, 4.69) is 28.3 Å². The van der Waals surface area contributed by atoms with E-state index in [9.17, 15) is 4.79 Å². The van der Waals surface area contributed by atoms with Crippen LogP contribution in [0, 0.1) is 0 Å². The van der Waals surface area contributed by atoms with E-state index >= 15 is 0 Å². The summed E-state index contributed by atoms with van der Waals surface area (Å²) in [6.07, 6.45) is 8.67. The number of pyridine rings is 2. The van der Waals surface area contributed by atoms with Crippen LogP contribution in [0.3, 0.4) is 0 Å². The van der Waals surface area contributed by atoms with E-state index in [1.807, 2.05) is 53.2 Å². The van der Waals surface area contributed by atoms with Crippen LogP contribution in [0.25, 0.3) is 11.0 Å². The highest BCUT2D eigenvalue weighted by Crippen LogP contribution is 2.33. The van der Waals surface area contributed by atoms with Gasteiger partial charge in [0.2, 0.25) is 5.91 Å². The van der Waals surface area contributed by atoms with Gasteiger partial charge in [-0.25, -0.2) is 4.98 Å². The van der Waals surface area contributed by atoms with Crippen LogP contribution in [-0.2, 0) is 30.8 Å². The summed E-state index contributed by atoms with van der Waals surface area (Å²) in [6.45, 7) is 1.36. The quantitative estimate of drug-likeness (QED) is 0.475. The number of aromatic nitrogens is 4. The lowest BCUT2D eigenvalue weighted by Crippen LogP contribution is -2.31. The standard InChI is InChI=1S/C26H28N6O/c1-31(23-10-4-6-20-7-5-13-28-26(20)23)17-24-30-21-8-2-3-9-22(21)32(24)18-25(33)29-16-19-11-14-27-15-12-19/h2-3,5,7-9,11-15,23H,4,6,10,16-18H2,1H3,(H,29,33). The van der Waals surface area contributed by atoms with Crippen molar-refractivity contribution in [3.8, 4) is 0 Å². The number of hydrogen-bond donors (Lipinski definition) is 1. The molecule has 0 saturated carbocycles. The first-order valence-corrected chi connectivity index (χ1v) is 11.4. The van der Waals surface area contributed by atoms with Crippen LogP contribution < -0.4 is 5.32 Å². The second-order valence-corrected chi connectivity index (χ2v) is 8.61. The molecule has 0 bridgehead atoms. The molecule has 1 amide bonds. The van der Waals surface area contributed by atoms with Crippen LogP contribution >= 0.6 is 0 Å². The Morgan fingerprint density at radius 1 is 1.12 bits per heavy atom. The van der Waals surface area contributed by atoms with E-state index in [4.69, 9.17) is 9.97 Å². The summed E-state index contributed by atoms with van der Waals surface area (Å²) in [5, 5.41) is 3.02. The highest BCUT2D eigenvalue weighted by atomic mass is 16.1. The van der Waals surface area contributed by atoms with E-state index in [-0.39, 0.29) is 18.5 Å². The van der Waals surface area contributed by atoms with Crippen LogP contribution in [-0.4, -0.2) is 37.4 Å². The molecule has 1 atom stereocenters. The van der Waals surface area contributed by atoms with Crippen LogP contribution in [0.1, 0.15) is 41.5 Å². The average Bonchev–Trinajstić information content (AvgIpc) is 3.19. The van der Waals surface area contributed by atoms with Crippen molar-refractivity contribution in [2.45, 2.75) is 44.9 Å². The third-order valence-corrected chi connectivity index (χ3v) is 6.36. The number of fused-ring (bicyclic) bond motifs is 2. The van der Waals surface area contributed by atoms with E-state index < -0.39 is 0 Å². The van der Waals surface area contributed by atoms with E-state index in [1.165, 1.54) is 11.3 Å².